The van der Waals surface area contributed by atoms with Gasteiger partial charge in [0, 0.05) is 31.1 Å². The molecule has 9 heteroatoms. The smallest absolute Gasteiger partial charge is 0.415 e. The predicted molar refractivity (Wildman–Crippen MR) is 165 cm³/mol. The molecule has 44 heavy (non-hydrogen) atoms. The van der Waals surface area contributed by atoms with Crippen molar-refractivity contribution in [2.24, 2.45) is 0 Å². The van der Waals surface area contributed by atoms with Gasteiger partial charge in [-0.2, -0.15) is 0 Å². The Bertz CT molecular complexity index is 1630. The van der Waals surface area contributed by atoms with Crippen LogP contribution in [0.15, 0.2) is 72.8 Å². The van der Waals surface area contributed by atoms with Crippen LogP contribution in [0.4, 0.5) is 16.2 Å². The number of amides is 3. The molecule has 6 rings (SSSR count). The minimum Gasteiger partial charge on any atom is -0.469 e. The van der Waals surface area contributed by atoms with E-state index in [-0.39, 0.29) is 18.2 Å². The summed E-state index contributed by atoms with van der Waals surface area (Å²) in [4.78, 5) is 60.0. The van der Waals surface area contributed by atoms with Crippen molar-refractivity contribution in [3.63, 3.8) is 0 Å². The molecule has 0 N–H and O–H groups in total. The van der Waals surface area contributed by atoms with Crippen LogP contribution in [0.2, 0.25) is 0 Å². The van der Waals surface area contributed by atoms with Crippen molar-refractivity contribution in [3.05, 3.63) is 95.1 Å². The van der Waals surface area contributed by atoms with E-state index in [9.17, 15) is 19.2 Å². The summed E-state index contributed by atoms with van der Waals surface area (Å²) in [5.41, 5.74) is 4.35. The van der Waals surface area contributed by atoms with Gasteiger partial charge in [-0.05, 0) is 61.6 Å². The van der Waals surface area contributed by atoms with Crippen molar-refractivity contribution in [1.82, 2.24) is 4.90 Å². The lowest BCUT2D eigenvalue weighted by Gasteiger charge is -2.40. The van der Waals surface area contributed by atoms with Gasteiger partial charge in [-0.25, -0.2) is 4.79 Å². The molecule has 3 aromatic rings. The van der Waals surface area contributed by atoms with Crippen molar-refractivity contribution in [1.29, 1.82) is 0 Å². The summed E-state index contributed by atoms with van der Waals surface area (Å²) in [6.07, 6.45) is 0.581. The van der Waals surface area contributed by atoms with Crippen LogP contribution in [0.3, 0.4) is 0 Å². The number of ether oxygens (including phenoxy) is 2. The minimum absolute atomic E-state index is 0.0501. The lowest BCUT2D eigenvalue weighted by atomic mass is 9.91. The zero-order valence-electron chi connectivity index (χ0n) is 25.5. The summed E-state index contributed by atoms with van der Waals surface area (Å²) < 4.78 is 10.7. The summed E-state index contributed by atoms with van der Waals surface area (Å²) >= 11 is 0. The van der Waals surface area contributed by atoms with E-state index in [1.54, 1.807) is 30.6 Å². The van der Waals surface area contributed by atoms with Crippen molar-refractivity contribution in [2.45, 2.75) is 76.7 Å². The van der Waals surface area contributed by atoms with Crippen LogP contribution in [0.5, 0.6) is 0 Å². The van der Waals surface area contributed by atoms with Crippen molar-refractivity contribution >= 4 is 35.3 Å². The van der Waals surface area contributed by atoms with E-state index in [4.69, 9.17) is 9.47 Å². The first-order valence-corrected chi connectivity index (χ1v) is 15.0. The van der Waals surface area contributed by atoms with E-state index in [2.05, 4.69) is 0 Å². The van der Waals surface area contributed by atoms with Gasteiger partial charge >= 0.3 is 12.1 Å². The molecule has 3 atom stereocenters. The molecule has 228 valence electrons. The number of rotatable bonds is 4. The van der Waals surface area contributed by atoms with Crippen LogP contribution in [-0.4, -0.2) is 59.6 Å². The summed E-state index contributed by atoms with van der Waals surface area (Å²) in [6.45, 7) is 5.69. The Kier molecular flexibility index (Phi) is 7.65. The second-order valence-electron chi connectivity index (χ2n) is 12.6. The highest BCUT2D eigenvalue weighted by atomic mass is 16.6. The molecule has 0 unspecified atom stereocenters. The molecule has 0 saturated carbocycles. The normalized spacial score (nSPS) is 20.5. The summed E-state index contributed by atoms with van der Waals surface area (Å²) in [5, 5.41) is 0. The fraction of sp³-hybridized carbons (Fsp3) is 0.371. The SMILES string of the molecule is COC(=O)C[C@H]1Cc2ccccc2CN1C(=O)[C@H]1Cc2ccccc2N1C(=O)[C@H]1Cc2ccccc2N1C(=O)OC(C)(C)C. The lowest BCUT2D eigenvalue weighted by molar-refractivity contribution is -0.145. The van der Waals surface area contributed by atoms with E-state index in [0.717, 1.165) is 22.3 Å². The van der Waals surface area contributed by atoms with Gasteiger partial charge in [-0.1, -0.05) is 60.7 Å². The Morgan fingerprint density at radius 3 is 1.82 bits per heavy atom. The summed E-state index contributed by atoms with van der Waals surface area (Å²) in [6, 6.07) is 20.7. The number of esters is 1. The molecular weight excluding hydrogens is 558 g/mol. The Hall–Kier alpha value is -4.66. The average molecular weight is 596 g/mol. The number of nitrogens with zero attached hydrogens (tertiary/aromatic N) is 3. The number of para-hydroxylation sites is 2. The first-order chi connectivity index (χ1) is 21.1. The number of carbonyl (C=O) groups excluding carboxylic acids is 4. The quantitative estimate of drug-likeness (QED) is 0.401. The fourth-order valence-corrected chi connectivity index (χ4v) is 6.63. The van der Waals surface area contributed by atoms with Gasteiger partial charge in [-0.3, -0.25) is 24.2 Å². The summed E-state index contributed by atoms with van der Waals surface area (Å²) in [7, 11) is 1.34. The standard InChI is InChI=1S/C35H37N3O6/c1-35(2,3)44-34(42)38-28-16-10-8-13-24(28)19-30(38)33(41)37-27-15-9-7-12-23(27)18-29(37)32(40)36-21-25-14-6-5-11-22(25)17-26(36)20-31(39)43-4/h5-16,26,29-30H,17-21H2,1-4H3/t26-,29-,30-/m1/s1. The van der Waals surface area contributed by atoms with E-state index in [1.807, 2.05) is 72.8 Å². The first-order valence-electron chi connectivity index (χ1n) is 15.0. The van der Waals surface area contributed by atoms with E-state index in [0.29, 0.717) is 37.2 Å². The Balaban J connectivity index is 1.36. The third-order valence-electron chi connectivity index (χ3n) is 8.62. The minimum atomic E-state index is -0.892. The largest absolute Gasteiger partial charge is 0.469 e. The van der Waals surface area contributed by atoms with Crippen molar-refractivity contribution in [2.75, 3.05) is 16.9 Å². The topological polar surface area (TPSA) is 96.5 Å². The number of carbonyl (C=O) groups is 4. The van der Waals surface area contributed by atoms with Crippen molar-refractivity contribution < 1.29 is 28.7 Å². The molecule has 0 spiro atoms. The molecule has 0 aromatic heterocycles. The maximum atomic E-state index is 14.7. The Labute approximate surface area is 257 Å². The molecule has 0 saturated heterocycles. The number of methoxy groups -OCH3 is 1. The van der Waals surface area contributed by atoms with Crippen LogP contribution in [-0.2, 0) is 49.7 Å². The monoisotopic (exact) mass is 595 g/mol. The maximum absolute atomic E-state index is 14.7. The molecule has 0 fully saturated rings. The molecular formula is C35H37N3O6. The third kappa shape index (κ3) is 5.42. The van der Waals surface area contributed by atoms with Gasteiger partial charge in [0.1, 0.15) is 17.7 Å². The Morgan fingerprint density at radius 1 is 0.705 bits per heavy atom. The highest BCUT2D eigenvalue weighted by molar-refractivity contribution is 6.11. The number of benzene rings is 3. The van der Waals surface area contributed by atoms with Crippen LogP contribution in [0.25, 0.3) is 0 Å². The third-order valence-corrected chi connectivity index (χ3v) is 8.62. The molecule has 3 aromatic carbocycles. The molecule has 9 nitrogen and oxygen atoms in total. The zero-order valence-corrected chi connectivity index (χ0v) is 25.5. The molecule has 0 aliphatic carbocycles. The molecule has 3 amide bonds. The highest BCUT2D eigenvalue weighted by Gasteiger charge is 2.49. The zero-order chi connectivity index (χ0) is 31.2. The van der Waals surface area contributed by atoms with E-state index in [1.165, 1.54) is 12.0 Å². The number of hydrogen-bond acceptors (Lipinski definition) is 6. The van der Waals surface area contributed by atoms with Crippen LogP contribution >= 0.6 is 0 Å². The molecule has 3 aliphatic rings. The van der Waals surface area contributed by atoms with Gasteiger partial charge in [0.2, 0.25) is 5.91 Å². The van der Waals surface area contributed by atoms with Crippen LogP contribution in [0, 0.1) is 0 Å². The fourth-order valence-electron chi connectivity index (χ4n) is 6.63. The number of anilines is 2. The van der Waals surface area contributed by atoms with Crippen LogP contribution in [0.1, 0.15) is 49.4 Å². The highest BCUT2D eigenvalue weighted by Crippen LogP contribution is 2.39. The lowest BCUT2D eigenvalue weighted by Crippen LogP contribution is -2.58. The number of hydrogen-bond donors (Lipinski definition) is 0. The maximum Gasteiger partial charge on any atom is 0.415 e. The molecule has 0 bridgehead atoms. The molecule has 3 heterocycles. The van der Waals surface area contributed by atoms with Gasteiger partial charge in [0.05, 0.1) is 19.2 Å². The molecule has 3 aliphatic heterocycles. The van der Waals surface area contributed by atoms with E-state index < -0.39 is 35.8 Å². The number of fused-ring (bicyclic) bond motifs is 3. The summed E-state index contributed by atoms with van der Waals surface area (Å²) in [5.74, 6) is -0.985. The second kappa shape index (κ2) is 11.4. The first kappa shape index (κ1) is 29.4. The van der Waals surface area contributed by atoms with Crippen molar-refractivity contribution in [3.8, 4) is 0 Å². The van der Waals surface area contributed by atoms with Crippen LogP contribution < -0.4 is 9.80 Å². The Morgan fingerprint density at radius 2 is 1.23 bits per heavy atom. The van der Waals surface area contributed by atoms with Gasteiger partial charge in [0.15, 0.2) is 0 Å². The van der Waals surface area contributed by atoms with Gasteiger partial charge in [0.25, 0.3) is 5.91 Å². The molecule has 0 radical (unpaired) electrons. The average Bonchev–Trinajstić information content (AvgIpc) is 3.58. The van der Waals surface area contributed by atoms with Gasteiger partial charge in [-0.15, -0.1) is 0 Å². The van der Waals surface area contributed by atoms with E-state index >= 15 is 0 Å². The predicted octanol–water partition coefficient (Wildman–Crippen LogP) is 4.83. The second-order valence-corrected chi connectivity index (χ2v) is 12.6. The van der Waals surface area contributed by atoms with Gasteiger partial charge < -0.3 is 14.4 Å².